The minimum Gasteiger partial charge on any atom is -0.398 e. The lowest BCUT2D eigenvalue weighted by Gasteiger charge is -2.37. The Hall–Kier alpha value is -3.53. The van der Waals surface area contributed by atoms with E-state index in [0.29, 0.717) is 49.7 Å². The molecule has 1 atom stereocenters. The van der Waals surface area contributed by atoms with Gasteiger partial charge in [-0.25, -0.2) is 8.78 Å². The number of hydrogen-bond acceptors (Lipinski definition) is 6. The van der Waals surface area contributed by atoms with Gasteiger partial charge in [0.15, 0.2) is 0 Å². The normalized spacial score (nSPS) is 21.1. The van der Waals surface area contributed by atoms with Crippen LogP contribution >= 0.6 is 0 Å². The molecule has 1 unspecified atom stereocenters. The maximum Gasteiger partial charge on any atom is 0.255 e. The number of nitrogens with zero attached hydrogens (tertiary/aromatic N) is 3. The molecule has 0 saturated carbocycles. The van der Waals surface area contributed by atoms with Crippen molar-refractivity contribution in [1.82, 2.24) is 15.1 Å². The number of benzene rings is 2. The molecule has 0 spiro atoms. The van der Waals surface area contributed by atoms with Crippen LogP contribution in [-0.2, 0) is 22.7 Å². The summed E-state index contributed by atoms with van der Waals surface area (Å²) < 4.78 is 28.1. The fourth-order valence-electron chi connectivity index (χ4n) is 4.99. The lowest BCUT2D eigenvalue weighted by atomic mass is 10.0. The Kier molecular flexibility index (Phi) is 5.68. The number of rotatable bonds is 4. The zero-order chi connectivity index (χ0) is 24.0. The van der Waals surface area contributed by atoms with E-state index in [0.717, 1.165) is 5.56 Å². The second-order valence-corrected chi connectivity index (χ2v) is 8.96. The van der Waals surface area contributed by atoms with Crippen LogP contribution in [0.1, 0.15) is 34.3 Å². The number of piperidine rings is 1. The van der Waals surface area contributed by atoms with Gasteiger partial charge in [-0.15, -0.1) is 0 Å². The van der Waals surface area contributed by atoms with Crippen molar-refractivity contribution in [2.75, 3.05) is 36.8 Å². The van der Waals surface area contributed by atoms with Crippen LogP contribution in [-0.4, -0.2) is 59.7 Å². The fraction of sp³-hybridized carbons (Fsp3) is 0.375. The highest BCUT2D eigenvalue weighted by Crippen LogP contribution is 2.35. The van der Waals surface area contributed by atoms with Gasteiger partial charge in [-0.3, -0.25) is 24.6 Å². The van der Waals surface area contributed by atoms with Gasteiger partial charge < -0.3 is 15.5 Å². The zero-order valence-electron chi connectivity index (χ0n) is 18.5. The first kappa shape index (κ1) is 22.3. The Morgan fingerprint density at radius 1 is 1.00 bits per heavy atom. The molecule has 5 rings (SSSR count). The average Bonchev–Trinajstić information content (AvgIpc) is 3.12. The number of piperazine rings is 1. The Morgan fingerprint density at radius 2 is 1.76 bits per heavy atom. The van der Waals surface area contributed by atoms with E-state index >= 15 is 0 Å². The van der Waals surface area contributed by atoms with Gasteiger partial charge in [0.25, 0.3) is 5.91 Å². The Labute approximate surface area is 195 Å². The number of nitrogen functional groups attached to an aromatic ring is 1. The molecule has 2 saturated heterocycles. The van der Waals surface area contributed by atoms with Crippen LogP contribution in [0, 0.1) is 11.6 Å². The number of halogens is 2. The summed E-state index contributed by atoms with van der Waals surface area (Å²) in [4.78, 5) is 42.5. The van der Waals surface area contributed by atoms with Gasteiger partial charge in [0, 0.05) is 68.2 Å². The second-order valence-electron chi connectivity index (χ2n) is 8.96. The summed E-state index contributed by atoms with van der Waals surface area (Å²) in [5.74, 6) is -2.09. The molecular weight excluding hydrogens is 444 g/mol. The van der Waals surface area contributed by atoms with Crippen molar-refractivity contribution in [2.45, 2.75) is 32.0 Å². The average molecular weight is 469 g/mol. The predicted molar refractivity (Wildman–Crippen MR) is 121 cm³/mol. The number of amides is 3. The van der Waals surface area contributed by atoms with Crippen LogP contribution in [0.3, 0.4) is 0 Å². The van der Waals surface area contributed by atoms with Crippen LogP contribution < -0.4 is 16.0 Å². The minimum atomic E-state index is -0.748. The molecule has 2 aromatic rings. The van der Waals surface area contributed by atoms with Crippen LogP contribution in [0.25, 0.3) is 0 Å². The molecule has 0 aromatic heterocycles. The number of hydrogen-bond donors (Lipinski definition) is 2. The minimum absolute atomic E-state index is 0.162. The first-order valence-corrected chi connectivity index (χ1v) is 11.3. The third-order valence-corrected chi connectivity index (χ3v) is 6.81. The summed E-state index contributed by atoms with van der Waals surface area (Å²) in [6.07, 6.45) is 0.416. The summed E-state index contributed by atoms with van der Waals surface area (Å²) in [5, 5.41) is 2.28. The summed E-state index contributed by atoms with van der Waals surface area (Å²) in [6.45, 7) is 3.21. The molecule has 34 heavy (non-hydrogen) atoms. The smallest absolute Gasteiger partial charge is 0.255 e. The van der Waals surface area contributed by atoms with E-state index in [2.05, 4.69) is 10.2 Å². The van der Waals surface area contributed by atoms with Gasteiger partial charge in [0.1, 0.15) is 17.7 Å². The molecule has 10 heteroatoms. The van der Waals surface area contributed by atoms with E-state index in [1.807, 2.05) is 4.90 Å². The summed E-state index contributed by atoms with van der Waals surface area (Å²) in [7, 11) is 0. The largest absolute Gasteiger partial charge is 0.398 e. The van der Waals surface area contributed by atoms with Gasteiger partial charge in [-0.1, -0.05) is 0 Å². The van der Waals surface area contributed by atoms with Crippen LogP contribution in [0.15, 0.2) is 30.3 Å². The Bertz CT molecular complexity index is 1180. The zero-order valence-corrected chi connectivity index (χ0v) is 18.5. The molecule has 0 aliphatic carbocycles. The predicted octanol–water partition coefficient (Wildman–Crippen LogP) is 1.63. The monoisotopic (exact) mass is 469 g/mol. The molecule has 8 nitrogen and oxygen atoms in total. The molecule has 3 aliphatic rings. The molecule has 3 aliphatic heterocycles. The molecule has 2 fully saturated rings. The van der Waals surface area contributed by atoms with Gasteiger partial charge in [-0.2, -0.15) is 0 Å². The number of nitrogens with one attached hydrogen (secondary N) is 1. The third kappa shape index (κ3) is 4.09. The number of anilines is 2. The number of carbonyl (C=O) groups is 3. The van der Waals surface area contributed by atoms with Gasteiger partial charge in [0.05, 0.1) is 0 Å². The molecule has 2 aromatic carbocycles. The molecule has 3 heterocycles. The molecule has 0 radical (unpaired) electrons. The van der Waals surface area contributed by atoms with E-state index in [1.54, 1.807) is 6.07 Å². The number of carbonyl (C=O) groups excluding carboxylic acids is 3. The van der Waals surface area contributed by atoms with E-state index in [9.17, 15) is 23.2 Å². The fourth-order valence-corrected chi connectivity index (χ4v) is 4.99. The maximum atomic E-state index is 14.5. The highest BCUT2D eigenvalue weighted by Gasteiger charge is 2.41. The second kappa shape index (κ2) is 8.68. The van der Waals surface area contributed by atoms with Crippen molar-refractivity contribution in [3.05, 3.63) is 58.7 Å². The van der Waals surface area contributed by atoms with Crippen LogP contribution in [0.4, 0.5) is 20.2 Å². The highest BCUT2D eigenvalue weighted by molar-refractivity contribution is 6.06. The van der Waals surface area contributed by atoms with Crippen LogP contribution in [0.2, 0.25) is 0 Å². The molecule has 3 amide bonds. The first-order valence-electron chi connectivity index (χ1n) is 11.3. The number of fused-ring (bicyclic) bond motifs is 1. The summed E-state index contributed by atoms with van der Waals surface area (Å²) >= 11 is 0. The molecule has 3 N–H and O–H groups in total. The third-order valence-electron chi connectivity index (χ3n) is 6.81. The lowest BCUT2D eigenvalue weighted by molar-refractivity contribution is -0.136. The van der Waals surface area contributed by atoms with E-state index in [-0.39, 0.29) is 36.7 Å². The molecule has 178 valence electrons. The van der Waals surface area contributed by atoms with Crippen molar-refractivity contribution in [3.63, 3.8) is 0 Å². The van der Waals surface area contributed by atoms with Gasteiger partial charge >= 0.3 is 0 Å². The lowest BCUT2D eigenvalue weighted by Crippen LogP contribution is -2.52. The maximum absolute atomic E-state index is 14.5. The molecule has 0 bridgehead atoms. The standard InChI is InChI=1S/C24H25F2N5O3/c25-15-1-2-19(27)14(9-15)12-29-5-7-30(8-6-29)21-11-16(26)10-17-18(21)13-31(24(17)34)20-3-4-22(32)28-23(20)33/h1-2,9-11,20H,3-8,12-13,27H2,(H,28,32,33). The van der Waals surface area contributed by atoms with Gasteiger partial charge in [-0.05, 0) is 42.3 Å². The van der Waals surface area contributed by atoms with Gasteiger partial charge in [0.2, 0.25) is 11.8 Å². The highest BCUT2D eigenvalue weighted by atomic mass is 19.1. The SMILES string of the molecule is Nc1ccc(F)cc1CN1CCN(c2cc(F)cc3c2CN(C2CCC(=O)NC2=O)C3=O)CC1. The Morgan fingerprint density at radius 3 is 2.50 bits per heavy atom. The molecular formula is C24H25F2N5O3. The van der Waals surface area contributed by atoms with Crippen molar-refractivity contribution in [1.29, 1.82) is 0 Å². The number of imide groups is 1. The van der Waals surface area contributed by atoms with Crippen molar-refractivity contribution in [3.8, 4) is 0 Å². The van der Waals surface area contributed by atoms with E-state index in [4.69, 9.17) is 5.73 Å². The Balaban J connectivity index is 1.32. The quantitative estimate of drug-likeness (QED) is 0.522. The number of nitrogens with two attached hydrogens (primary N) is 1. The van der Waals surface area contributed by atoms with Crippen molar-refractivity contribution >= 4 is 29.1 Å². The van der Waals surface area contributed by atoms with E-state index in [1.165, 1.54) is 29.2 Å². The summed E-state index contributed by atoms with van der Waals surface area (Å²) in [5.41, 5.74) is 8.84. The topological polar surface area (TPSA) is 99.0 Å². The van der Waals surface area contributed by atoms with Crippen LogP contribution in [0.5, 0.6) is 0 Å². The van der Waals surface area contributed by atoms with Crippen molar-refractivity contribution in [2.24, 2.45) is 0 Å². The summed E-state index contributed by atoms with van der Waals surface area (Å²) in [6, 6.07) is 6.23. The van der Waals surface area contributed by atoms with E-state index < -0.39 is 23.7 Å². The first-order chi connectivity index (χ1) is 16.3. The van der Waals surface area contributed by atoms with Crippen molar-refractivity contribution < 1.29 is 23.2 Å².